The lowest BCUT2D eigenvalue weighted by molar-refractivity contribution is 0.467. The average molecular weight is 307 g/mol. The number of benzene rings is 1. The topological polar surface area (TPSA) is 35.0 Å². The molecule has 3 aromatic rings. The predicted octanol–water partition coefficient (Wildman–Crippen LogP) is 4.25. The number of fused-ring (bicyclic) bond motifs is 1. The Morgan fingerprint density at radius 2 is 2.18 bits per heavy atom. The summed E-state index contributed by atoms with van der Waals surface area (Å²) in [4.78, 5) is 7.90. The van der Waals surface area contributed by atoms with Crippen molar-refractivity contribution in [2.75, 3.05) is 0 Å². The minimum atomic E-state index is 0.551. The Morgan fingerprint density at radius 3 is 3.00 bits per heavy atom. The van der Waals surface area contributed by atoms with Crippen LogP contribution in [0.4, 0.5) is 0 Å². The molecule has 0 radical (unpaired) electrons. The summed E-state index contributed by atoms with van der Waals surface area (Å²) in [5.41, 5.74) is 0. The molecule has 0 unspecified atom stereocenters. The molecule has 17 heavy (non-hydrogen) atoms. The highest BCUT2D eigenvalue weighted by Crippen LogP contribution is 2.36. The van der Waals surface area contributed by atoms with E-state index in [9.17, 15) is 0 Å². The second-order valence-electron chi connectivity index (χ2n) is 3.37. The normalized spacial score (nSPS) is 10.6. The smallest absolute Gasteiger partial charge is 0.222 e. The largest absolute Gasteiger partial charge is 0.438 e. The van der Waals surface area contributed by atoms with Crippen molar-refractivity contribution >= 4 is 37.4 Å². The van der Waals surface area contributed by atoms with E-state index in [-0.39, 0.29) is 0 Å². The summed E-state index contributed by atoms with van der Waals surface area (Å²) in [5.74, 6) is 1.36. The Hall–Kier alpha value is -1.46. The Labute approximate surface area is 110 Å². The van der Waals surface area contributed by atoms with E-state index in [0.717, 1.165) is 14.9 Å². The Morgan fingerprint density at radius 1 is 1.24 bits per heavy atom. The van der Waals surface area contributed by atoms with E-state index in [0.29, 0.717) is 5.88 Å². The molecule has 0 aliphatic rings. The summed E-state index contributed by atoms with van der Waals surface area (Å²) in [7, 11) is 0. The Kier molecular flexibility index (Phi) is 2.78. The van der Waals surface area contributed by atoms with Crippen LogP contribution < -0.4 is 4.74 Å². The molecule has 3 nitrogen and oxygen atoms in total. The number of hydrogen-bond acceptors (Lipinski definition) is 4. The van der Waals surface area contributed by atoms with Gasteiger partial charge < -0.3 is 4.74 Å². The third-order valence-electron chi connectivity index (χ3n) is 2.26. The van der Waals surface area contributed by atoms with Gasteiger partial charge in [0, 0.05) is 22.3 Å². The minimum Gasteiger partial charge on any atom is -0.438 e. The monoisotopic (exact) mass is 306 g/mol. The maximum Gasteiger partial charge on any atom is 0.222 e. The standard InChI is InChI=1S/C12H7BrN2OS/c13-11-6-8-9(2-1-3-10(8)17-11)16-12-4-5-14-7-15-12/h1-7H. The van der Waals surface area contributed by atoms with Crippen molar-refractivity contribution in [3.05, 3.63) is 46.6 Å². The number of rotatable bonds is 2. The van der Waals surface area contributed by atoms with Gasteiger partial charge in [-0.25, -0.2) is 9.97 Å². The van der Waals surface area contributed by atoms with Crippen LogP contribution in [0.15, 0.2) is 46.6 Å². The molecule has 5 heteroatoms. The van der Waals surface area contributed by atoms with E-state index in [1.54, 1.807) is 23.6 Å². The molecular formula is C12H7BrN2OS. The zero-order chi connectivity index (χ0) is 11.7. The fourth-order valence-corrected chi connectivity index (χ4v) is 3.10. The Balaban J connectivity index is 2.06. The van der Waals surface area contributed by atoms with Crippen LogP contribution in [-0.4, -0.2) is 9.97 Å². The lowest BCUT2D eigenvalue weighted by Gasteiger charge is -2.04. The van der Waals surface area contributed by atoms with Crippen molar-refractivity contribution in [1.29, 1.82) is 0 Å². The molecule has 1 aromatic carbocycles. The molecule has 0 bridgehead atoms. The van der Waals surface area contributed by atoms with Crippen molar-refractivity contribution < 1.29 is 4.74 Å². The highest BCUT2D eigenvalue weighted by atomic mass is 79.9. The molecular weight excluding hydrogens is 300 g/mol. The molecule has 0 N–H and O–H groups in total. The van der Waals surface area contributed by atoms with Crippen LogP contribution in [0.2, 0.25) is 0 Å². The first-order valence-corrected chi connectivity index (χ1v) is 6.56. The van der Waals surface area contributed by atoms with Crippen LogP contribution in [0.5, 0.6) is 11.6 Å². The third kappa shape index (κ3) is 2.16. The second kappa shape index (κ2) is 4.43. The average Bonchev–Trinajstić information content (AvgIpc) is 2.72. The van der Waals surface area contributed by atoms with E-state index in [1.165, 1.54) is 11.0 Å². The van der Waals surface area contributed by atoms with Crippen molar-refractivity contribution in [2.24, 2.45) is 0 Å². The van der Waals surface area contributed by atoms with Gasteiger partial charge in [0.05, 0.1) is 3.79 Å². The molecule has 2 aromatic heterocycles. The first-order valence-electron chi connectivity index (χ1n) is 4.95. The van der Waals surface area contributed by atoms with Gasteiger partial charge in [-0.3, -0.25) is 0 Å². The van der Waals surface area contributed by atoms with Gasteiger partial charge in [0.1, 0.15) is 12.1 Å². The van der Waals surface area contributed by atoms with E-state index in [2.05, 4.69) is 38.0 Å². The van der Waals surface area contributed by atoms with Gasteiger partial charge >= 0.3 is 0 Å². The van der Waals surface area contributed by atoms with Crippen LogP contribution in [-0.2, 0) is 0 Å². The quantitative estimate of drug-likeness (QED) is 0.710. The lowest BCUT2D eigenvalue weighted by atomic mass is 10.2. The number of ether oxygens (including phenoxy) is 1. The summed E-state index contributed by atoms with van der Waals surface area (Å²) >= 11 is 5.16. The summed E-state index contributed by atoms with van der Waals surface area (Å²) in [6, 6.07) is 9.76. The molecule has 0 amide bonds. The highest BCUT2D eigenvalue weighted by molar-refractivity contribution is 9.11. The van der Waals surface area contributed by atoms with Crippen molar-refractivity contribution in [1.82, 2.24) is 9.97 Å². The van der Waals surface area contributed by atoms with E-state index >= 15 is 0 Å². The van der Waals surface area contributed by atoms with E-state index in [4.69, 9.17) is 4.74 Å². The number of thiophene rings is 1. The highest BCUT2D eigenvalue weighted by Gasteiger charge is 2.06. The third-order valence-corrected chi connectivity index (χ3v) is 3.86. The number of nitrogens with zero attached hydrogens (tertiary/aromatic N) is 2. The zero-order valence-electron chi connectivity index (χ0n) is 8.63. The molecule has 0 fully saturated rings. The number of aromatic nitrogens is 2. The Bertz CT molecular complexity index is 654. The second-order valence-corrected chi connectivity index (χ2v) is 5.83. The molecule has 0 aliphatic heterocycles. The number of halogens is 1. The van der Waals surface area contributed by atoms with Gasteiger partial charge in [0.25, 0.3) is 0 Å². The van der Waals surface area contributed by atoms with Crippen LogP contribution in [0.3, 0.4) is 0 Å². The zero-order valence-corrected chi connectivity index (χ0v) is 11.0. The van der Waals surface area contributed by atoms with Gasteiger partial charge in [-0.15, -0.1) is 11.3 Å². The van der Waals surface area contributed by atoms with E-state index in [1.807, 2.05) is 12.1 Å². The van der Waals surface area contributed by atoms with Crippen LogP contribution in [0, 0.1) is 0 Å². The van der Waals surface area contributed by atoms with Gasteiger partial charge in [0.2, 0.25) is 5.88 Å². The molecule has 0 aliphatic carbocycles. The SMILES string of the molecule is Brc1cc2c(Oc3ccncn3)cccc2s1. The molecule has 3 rings (SSSR count). The van der Waals surface area contributed by atoms with Gasteiger partial charge in [-0.05, 0) is 34.1 Å². The van der Waals surface area contributed by atoms with Crippen molar-refractivity contribution in [2.45, 2.75) is 0 Å². The van der Waals surface area contributed by atoms with Crippen LogP contribution in [0.25, 0.3) is 10.1 Å². The predicted molar refractivity (Wildman–Crippen MR) is 71.6 cm³/mol. The van der Waals surface area contributed by atoms with Crippen molar-refractivity contribution in [3.63, 3.8) is 0 Å². The maximum atomic E-state index is 5.74. The molecule has 2 heterocycles. The summed E-state index contributed by atoms with van der Waals surface area (Å²) < 4.78 is 8.01. The summed E-state index contributed by atoms with van der Waals surface area (Å²) in [6.45, 7) is 0. The van der Waals surface area contributed by atoms with Crippen LogP contribution >= 0.6 is 27.3 Å². The van der Waals surface area contributed by atoms with Gasteiger partial charge in [-0.1, -0.05) is 6.07 Å². The maximum absolute atomic E-state index is 5.74. The molecule has 0 spiro atoms. The lowest BCUT2D eigenvalue weighted by Crippen LogP contribution is -1.87. The first-order chi connectivity index (χ1) is 8.33. The van der Waals surface area contributed by atoms with Crippen LogP contribution in [0.1, 0.15) is 0 Å². The molecule has 0 atom stereocenters. The molecule has 0 saturated heterocycles. The fourth-order valence-electron chi connectivity index (χ4n) is 1.54. The first kappa shape index (κ1) is 10.7. The van der Waals surface area contributed by atoms with Gasteiger partial charge in [-0.2, -0.15) is 0 Å². The van der Waals surface area contributed by atoms with Gasteiger partial charge in [0.15, 0.2) is 0 Å². The minimum absolute atomic E-state index is 0.551. The summed E-state index contributed by atoms with van der Waals surface area (Å²) in [5, 5.41) is 1.09. The summed E-state index contributed by atoms with van der Waals surface area (Å²) in [6.07, 6.45) is 3.13. The molecule has 84 valence electrons. The fraction of sp³-hybridized carbons (Fsp3) is 0. The van der Waals surface area contributed by atoms with E-state index < -0.39 is 0 Å². The van der Waals surface area contributed by atoms with Crippen molar-refractivity contribution in [3.8, 4) is 11.6 Å². The molecule has 0 saturated carbocycles. The number of hydrogen-bond donors (Lipinski definition) is 0.